The van der Waals surface area contributed by atoms with Gasteiger partial charge >= 0.3 is 0 Å². The highest BCUT2D eigenvalue weighted by Gasteiger charge is 2.25. The Morgan fingerprint density at radius 2 is 1.39 bits per heavy atom. The minimum atomic E-state index is 0.888. The topological polar surface area (TPSA) is 12.5 Å². The number of methoxy groups -OCH3 is 1. The lowest BCUT2D eigenvalue weighted by molar-refractivity contribution is 0.414. The van der Waals surface area contributed by atoms with Crippen LogP contribution in [0.15, 0.2) is 76.5 Å². The number of anilines is 3. The van der Waals surface area contributed by atoms with Crippen LogP contribution in [0.1, 0.15) is 5.56 Å². The van der Waals surface area contributed by atoms with E-state index in [1.165, 1.54) is 32.4 Å². The average molecular weight is 319 g/mol. The van der Waals surface area contributed by atoms with Crippen molar-refractivity contribution >= 4 is 28.8 Å². The van der Waals surface area contributed by atoms with Crippen molar-refractivity contribution in [2.24, 2.45) is 0 Å². The van der Waals surface area contributed by atoms with E-state index >= 15 is 0 Å². The largest absolute Gasteiger partial charge is 0.497 e. The van der Waals surface area contributed by atoms with Crippen LogP contribution in [-0.2, 0) is 0 Å². The van der Waals surface area contributed by atoms with E-state index in [0.29, 0.717) is 0 Å². The molecule has 23 heavy (non-hydrogen) atoms. The molecule has 0 N–H and O–H groups in total. The summed E-state index contributed by atoms with van der Waals surface area (Å²) in [6.07, 6.45) is 0. The number of aryl methyl sites for hydroxylation is 1. The zero-order chi connectivity index (χ0) is 15.8. The third kappa shape index (κ3) is 2.37. The summed E-state index contributed by atoms with van der Waals surface area (Å²) < 4.78 is 5.35. The Morgan fingerprint density at radius 3 is 1.96 bits per heavy atom. The third-order valence-electron chi connectivity index (χ3n) is 4.08. The van der Waals surface area contributed by atoms with E-state index in [2.05, 4.69) is 72.5 Å². The van der Waals surface area contributed by atoms with Gasteiger partial charge in [-0.3, -0.25) is 0 Å². The molecule has 114 valence electrons. The second-order valence-corrected chi connectivity index (χ2v) is 6.61. The summed E-state index contributed by atoms with van der Waals surface area (Å²) in [5.41, 5.74) is 4.83. The number of hydrogen-bond donors (Lipinski definition) is 0. The Kier molecular flexibility index (Phi) is 3.50. The summed E-state index contributed by atoms with van der Waals surface area (Å²) in [6, 6.07) is 23.4. The third-order valence-corrected chi connectivity index (χ3v) is 5.21. The summed E-state index contributed by atoms with van der Waals surface area (Å²) in [7, 11) is 1.70. The number of nitrogens with zero attached hydrogens (tertiary/aromatic N) is 1. The molecule has 1 aliphatic rings. The smallest absolute Gasteiger partial charge is 0.119 e. The zero-order valence-corrected chi connectivity index (χ0v) is 13.9. The Balaban J connectivity index is 1.94. The molecule has 0 spiro atoms. The SMILES string of the molecule is COc1ccc(N2c3ccccc3Sc3ccccc32)c(C)c1. The number of rotatable bonds is 2. The van der Waals surface area contributed by atoms with Crippen LogP contribution in [0.25, 0.3) is 0 Å². The lowest BCUT2D eigenvalue weighted by atomic mass is 10.1. The molecule has 0 unspecified atom stereocenters. The number of fused-ring (bicyclic) bond motifs is 2. The van der Waals surface area contributed by atoms with Crippen molar-refractivity contribution in [1.29, 1.82) is 0 Å². The first-order valence-electron chi connectivity index (χ1n) is 7.58. The van der Waals surface area contributed by atoms with Gasteiger partial charge in [-0.25, -0.2) is 0 Å². The molecule has 4 rings (SSSR count). The molecule has 0 atom stereocenters. The molecule has 2 nitrogen and oxygen atoms in total. The molecule has 0 aromatic heterocycles. The molecular formula is C20H17NOS. The molecule has 3 heteroatoms. The van der Waals surface area contributed by atoms with Crippen molar-refractivity contribution in [3.63, 3.8) is 0 Å². The van der Waals surface area contributed by atoms with Gasteiger partial charge in [0.1, 0.15) is 5.75 Å². The lowest BCUT2D eigenvalue weighted by Crippen LogP contribution is -2.15. The van der Waals surface area contributed by atoms with Crippen molar-refractivity contribution in [2.75, 3.05) is 12.0 Å². The summed E-state index contributed by atoms with van der Waals surface area (Å²) in [4.78, 5) is 4.90. The minimum Gasteiger partial charge on any atom is -0.497 e. The van der Waals surface area contributed by atoms with Gasteiger partial charge in [-0.1, -0.05) is 36.0 Å². The van der Waals surface area contributed by atoms with E-state index in [1.54, 1.807) is 7.11 Å². The molecule has 0 saturated heterocycles. The van der Waals surface area contributed by atoms with Crippen molar-refractivity contribution in [3.8, 4) is 5.75 Å². The Bertz CT molecular complexity index is 830. The molecule has 0 bridgehead atoms. The van der Waals surface area contributed by atoms with Gasteiger partial charge in [0.05, 0.1) is 18.5 Å². The fourth-order valence-corrected chi connectivity index (χ4v) is 4.03. The lowest BCUT2D eigenvalue weighted by Gasteiger charge is -2.33. The van der Waals surface area contributed by atoms with Crippen LogP contribution in [0.5, 0.6) is 5.75 Å². The monoisotopic (exact) mass is 319 g/mol. The number of ether oxygens (including phenoxy) is 1. The summed E-state index contributed by atoms with van der Waals surface area (Å²) in [6.45, 7) is 2.13. The van der Waals surface area contributed by atoms with Crippen LogP contribution in [0.2, 0.25) is 0 Å². The van der Waals surface area contributed by atoms with Gasteiger partial charge in [-0.15, -0.1) is 0 Å². The van der Waals surface area contributed by atoms with Crippen LogP contribution in [0.4, 0.5) is 17.1 Å². The van der Waals surface area contributed by atoms with Gasteiger partial charge in [0.2, 0.25) is 0 Å². The predicted molar refractivity (Wildman–Crippen MR) is 96.5 cm³/mol. The first-order chi connectivity index (χ1) is 11.3. The molecule has 0 amide bonds. The summed E-state index contributed by atoms with van der Waals surface area (Å²) >= 11 is 1.83. The molecule has 3 aromatic carbocycles. The van der Waals surface area contributed by atoms with E-state index in [-0.39, 0.29) is 0 Å². The zero-order valence-electron chi connectivity index (χ0n) is 13.1. The van der Waals surface area contributed by atoms with E-state index in [0.717, 1.165) is 5.75 Å². The van der Waals surface area contributed by atoms with Crippen molar-refractivity contribution in [1.82, 2.24) is 0 Å². The van der Waals surface area contributed by atoms with Crippen molar-refractivity contribution in [2.45, 2.75) is 16.7 Å². The van der Waals surface area contributed by atoms with E-state index in [1.807, 2.05) is 17.8 Å². The van der Waals surface area contributed by atoms with Crippen LogP contribution in [0, 0.1) is 6.92 Å². The predicted octanol–water partition coefficient (Wildman–Crippen LogP) is 5.94. The first-order valence-corrected chi connectivity index (χ1v) is 8.40. The summed E-state index contributed by atoms with van der Waals surface area (Å²) in [5.74, 6) is 0.888. The fraction of sp³-hybridized carbons (Fsp3) is 0.100. The molecule has 3 aromatic rings. The normalized spacial score (nSPS) is 12.5. The molecule has 0 fully saturated rings. The maximum Gasteiger partial charge on any atom is 0.119 e. The van der Waals surface area contributed by atoms with Gasteiger partial charge in [0.25, 0.3) is 0 Å². The molecule has 0 radical (unpaired) electrons. The van der Waals surface area contributed by atoms with Crippen LogP contribution in [-0.4, -0.2) is 7.11 Å². The molecule has 1 heterocycles. The standard InChI is InChI=1S/C20H17NOS/c1-14-13-15(22-2)11-12-16(14)21-17-7-3-5-9-19(17)23-20-10-6-4-8-18(20)21/h3-13H,1-2H3. The summed E-state index contributed by atoms with van der Waals surface area (Å²) in [5, 5.41) is 0. The number of hydrogen-bond acceptors (Lipinski definition) is 3. The molecular weight excluding hydrogens is 302 g/mol. The van der Waals surface area contributed by atoms with Gasteiger partial charge in [-0.05, 0) is 55.0 Å². The van der Waals surface area contributed by atoms with E-state index in [4.69, 9.17) is 4.74 Å². The maximum absolute atomic E-state index is 5.35. The highest BCUT2D eigenvalue weighted by atomic mass is 32.2. The highest BCUT2D eigenvalue weighted by Crippen LogP contribution is 2.51. The van der Waals surface area contributed by atoms with Crippen molar-refractivity contribution in [3.05, 3.63) is 72.3 Å². The quantitative estimate of drug-likeness (QED) is 0.454. The van der Waals surface area contributed by atoms with Gasteiger partial charge in [0, 0.05) is 15.5 Å². The Labute approximate surface area is 140 Å². The van der Waals surface area contributed by atoms with E-state index < -0.39 is 0 Å². The average Bonchev–Trinajstić information content (AvgIpc) is 2.60. The van der Waals surface area contributed by atoms with Crippen LogP contribution < -0.4 is 9.64 Å². The second-order valence-electron chi connectivity index (χ2n) is 5.53. The molecule has 0 saturated carbocycles. The molecule has 1 aliphatic heterocycles. The number of benzene rings is 3. The number of para-hydroxylation sites is 2. The Hall–Kier alpha value is -2.39. The first kappa shape index (κ1) is 14.2. The maximum atomic E-state index is 5.35. The van der Waals surface area contributed by atoms with E-state index in [9.17, 15) is 0 Å². The minimum absolute atomic E-state index is 0.888. The van der Waals surface area contributed by atoms with Crippen LogP contribution in [0.3, 0.4) is 0 Å². The van der Waals surface area contributed by atoms with Crippen molar-refractivity contribution < 1.29 is 4.74 Å². The Morgan fingerprint density at radius 1 is 0.783 bits per heavy atom. The molecule has 0 aliphatic carbocycles. The second kappa shape index (κ2) is 5.67. The van der Waals surface area contributed by atoms with Gasteiger partial charge < -0.3 is 9.64 Å². The van der Waals surface area contributed by atoms with Gasteiger partial charge in [0.15, 0.2) is 0 Å². The highest BCUT2D eigenvalue weighted by molar-refractivity contribution is 7.99. The van der Waals surface area contributed by atoms with Gasteiger partial charge in [-0.2, -0.15) is 0 Å². The fourth-order valence-electron chi connectivity index (χ4n) is 2.97. The van der Waals surface area contributed by atoms with Crippen LogP contribution >= 0.6 is 11.8 Å².